The van der Waals surface area contributed by atoms with E-state index in [1.54, 1.807) is 0 Å². The molecule has 2 atom stereocenters. The standard InChI is InChI=1S/C11H16F3N3S/c1-2-7-5-3-4-6-8(7)15-10-17-16-9(18-10)11(12,13)14/h7-8H,2-6H2,1H3,(H,15,17). The van der Waals surface area contributed by atoms with Gasteiger partial charge in [0.05, 0.1) is 0 Å². The van der Waals surface area contributed by atoms with Crippen LogP contribution in [0.3, 0.4) is 0 Å². The van der Waals surface area contributed by atoms with Crippen LogP contribution in [0.4, 0.5) is 18.3 Å². The fourth-order valence-corrected chi connectivity index (χ4v) is 3.11. The summed E-state index contributed by atoms with van der Waals surface area (Å²) in [6.07, 6.45) is 1.12. The molecule has 2 rings (SSSR count). The zero-order valence-electron chi connectivity index (χ0n) is 10.1. The van der Waals surface area contributed by atoms with Crippen molar-refractivity contribution in [2.75, 3.05) is 5.32 Å². The quantitative estimate of drug-likeness (QED) is 0.910. The van der Waals surface area contributed by atoms with Gasteiger partial charge in [0.2, 0.25) is 10.1 Å². The lowest BCUT2D eigenvalue weighted by Gasteiger charge is -2.31. The average Bonchev–Trinajstić information content (AvgIpc) is 2.78. The molecule has 2 unspecified atom stereocenters. The van der Waals surface area contributed by atoms with Crippen LogP contribution in [0, 0.1) is 5.92 Å². The van der Waals surface area contributed by atoms with Crippen LogP contribution in [-0.4, -0.2) is 16.2 Å². The number of hydrogen-bond donors (Lipinski definition) is 1. The van der Waals surface area contributed by atoms with Gasteiger partial charge in [0, 0.05) is 6.04 Å². The van der Waals surface area contributed by atoms with Crippen molar-refractivity contribution in [3.8, 4) is 0 Å². The summed E-state index contributed by atoms with van der Waals surface area (Å²) in [4.78, 5) is 0. The first-order valence-electron chi connectivity index (χ1n) is 6.18. The summed E-state index contributed by atoms with van der Waals surface area (Å²) in [5.41, 5.74) is 0. The highest BCUT2D eigenvalue weighted by Crippen LogP contribution is 2.35. The second kappa shape index (κ2) is 5.42. The van der Waals surface area contributed by atoms with Crippen molar-refractivity contribution in [2.24, 2.45) is 5.92 Å². The highest BCUT2D eigenvalue weighted by molar-refractivity contribution is 7.15. The molecular formula is C11H16F3N3S. The number of anilines is 1. The van der Waals surface area contributed by atoms with E-state index in [2.05, 4.69) is 22.4 Å². The minimum atomic E-state index is -4.39. The van der Waals surface area contributed by atoms with Crippen LogP contribution in [0.2, 0.25) is 0 Å². The number of nitrogens with zero attached hydrogens (tertiary/aromatic N) is 2. The van der Waals surface area contributed by atoms with Crippen LogP contribution in [0.25, 0.3) is 0 Å². The molecule has 0 spiro atoms. The Morgan fingerprint density at radius 2 is 2.00 bits per heavy atom. The van der Waals surface area contributed by atoms with Gasteiger partial charge >= 0.3 is 6.18 Å². The Balaban J connectivity index is 2.02. The molecule has 1 aliphatic carbocycles. The van der Waals surface area contributed by atoms with E-state index in [1.165, 1.54) is 6.42 Å². The van der Waals surface area contributed by atoms with Crippen molar-refractivity contribution >= 4 is 16.5 Å². The van der Waals surface area contributed by atoms with Crippen LogP contribution in [-0.2, 0) is 6.18 Å². The van der Waals surface area contributed by atoms with Gasteiger partial charge in [-0.3, -0.25) is 0 Å². The summed E-state index contributed by atoms with van der Waals surface area (Å²) in [7, 11) is 0. The van der Waals surface area contributed by atoms with E-state index in [1.807, 2.05) is 0 Å². The maximum atomic E-state index is 12.4. The normalized spacial score (nSPS) is 25.1. The Kier molecular flexibility index (Phi) is 4.09. The molecule has 1 aliphatic rings. The largest absolute Gasteiger partial charge is 0.445 e. The van der Waals surface area contributed by atoms with Gasteiger partial charge in [0.25, 0.3) is 0 Å². The number of nitrogens with one attached hydrogen (secondary N) is 1. The number of rotatable bonds is 3. The van der Waals surface area contributed by atoms with Gasteiger partial charge in [-0.2, -0.15) is 13.2 Å². The molecule has 1 heterocycles. The number of hydrogen-bond acceptors (Lipinski definition) is 4. The maximum absolute atomic E-state index is 12.4. The van der Waals surface area contributed by atoms with Gasteiger partial charge in [-0.1, -0.05) is 37.5 Å². The molecule has 1 fully saturated rings. The minimum Gasteiger partial charge on any atom is -0.357 e. The van der Waals surface area contributed by atoms with Gasteiger partial charge in [0.15, 0.2) is 0 Å². The van der Waals surface area contributed by atoms with Crippen LogP contribution < -0.4 is 5.32 Å². The molecule has 0 saturated heterocycles. The van der Waals surface area contributed by atoms with E-state index >= 15 is 0 Å². The van der Waals surface area contributed by atoms with Crippen molar-refractivity contribution in [2.45, 2.75) is 51.2 Å². The third kappa shape index (κ3) is 3.13. The van der Waals surface area contributed by atoms with Gasteiger partial charge in [-0.15, -0.1) is 10.2 Å². The second-order valence-electron chi connectivity index (χ2n) is 4.61. The molecule has 0 aliphatic heterocycles. The van der Waals surface area contributed by atoms with Crippen molar-refractivity contribution in [3.63, 3.8) is 0 Å². The topological polar surface area (TPSA) is 37.8 Å². The summed E-state index contributed by atoms with van der Waals surface area (Å²) in [5, 5.41) is 9.29. The highest BCUT2D eigenvalue weighted by Gasteiger charge is 2.36. The molecule has 7 heteroatoms. The Labute approximate surface area is 108 Å². The molecule has 1 aromatic heterocycles. The average molecular weight is 279 g/mol. The van der Waals surface area contributed by atoms with E-state index in [0.717, 1.165) is 25.7 Å². The highest BCUT2D eigenvalue weighted by atomic mass is 32.1. The Morgan fingerprint density at radius 3 is 2.61 bits per heavy atom. The molecule has 0 amide bonds. The molecule has 102 valence electrons. The first-order chi connectivity index (χ1) is 8.50. The van der Waals surface area contributed by atoms with Crippen LogP contribution >= 0.6 is 11.3 Å². The Bertz CT molecular complexity index is 391. The third-order valence-corrected chi connectivity index (χ3v) is 4.31. The molecule has 1 saturated carbocycles. The van der Waals surface area contributed by atoms with Crippen molar-refractivity contribution in [1.29, 1.82) is 0 Å². The Morgan fingerprint density at radius 1 is 1.28 bits per heavy atom. The minimum absolute atomic E-state index is 0.234. The predicted octanol–water partition coefficient (Wildman–Crippen LogP) is 3.94. The number of aromatic nitrogens is 2. The lowest BCUT2D eigenvalue weighted by molar-refractivity contribution is -0.138. The SMILES string of the molecule is CCC1CCCCC1Nc1nnc(C(F)(F)F)s1. The second-order valence-corrected chi connectivity index (χ2v) is 5.59. The van der Waals surface area contributed by atoms with Crippen LogP contribution in [0.5, 0.6) is 0 Å². The van der Waals surface area contributed by atoms with E-state index in [-0.39, 0.29) is 11.2 Å². The predicted molar refractivity (Wildman–Crippen MR) is 64.6 cm³/mol. The summed E-state index contributed by atoms with van der Waals surface area (Å²) in [5.74, 6) is 0.525. The summed E-state index contributed by atoms with van der Waals surface area (Å²) >= 11 is 0.588. The van der Waals surface area contributed by atoms with Crippen molar-refractivity contribution in [3.05, 3.63) is 5.01 Å². The van der Waals surface area contributed by atoms with Crippen molar-refractivity contribution in [1.82, 2.24) is 10.2 Å². The van der Waals surface area contributed by atoms with Gasteiger partial charge in [-0.05, 0) is 18.8 Å². The van der Waals surface area contributed by atoms with E-state index in [0.29, 0.717) is 17.3 Å². The smallest absolute Gasteiger partial charge is 0.357 e. The molecule has 1 N–H and O–H groups in total. The van der Waals surface area contributed by atoms with Crippen LogP contribution in [0.1, 0.15) is 44.0 Å². The zero-order valence-corrected chi connectivity index (χ0v) is 10.9. The summed E-state index contributed by atoms with van der Waals surface area (Å²) < 4.78 is 37.2. The van der Waals surface area contributed by atoms with Gasteiger partial charge in [-0.25, -0.2) is 0 Å². The molecule has 1 aromatic rings. The molecule has 0 radical (unpaired) electrons. The fraction of sp³-hybridized carbons (Fsp3) is 0.818. The number of alkyl halides is 3. The van der Waals surface area contributed by atoms with Crippen LogP contribution in [0.15, 0.2) is 0 Å². The lowest BCUT2D eigenvalue weighted by atomic mass is 9.83. The molecule has 0 aromatic carbocycles. The third-order valence-electron chi connectivity index (χ3n) is 3.41. The maximum Gasteiger partial charge on any atom is 0.445 e. The lowest BCUT2D eigenvalue weighted by Crippen LogP contribution is -2.31. The van der Waals surface area contributed by atoms with E-state index in [9.17, 15) is 13.2 Å². The number of halogens is 3. The van der Waals surface area contributed by atoms with E-state index in [4.69, 9.17) is 0 Å². The summed E-state index contributed by atoms with van der Waals surface area (Å²) in [6, 6.07) is 0.234. The van der Waals surface area contributed by atoms with E-state index < -0.39 is 11.2 Å². The molecule has 18 heavy (non-hydrogen) atoms. The molecule has 3 nitrogen and oxygen atoms in total. The summed E-state index contributed by atoms with van der Waals surface area (Å²) in [6.45, 7) is 2.12. The fourth-order valence-electron chi connectivity index (χ4n) is 2.44. The monoisotopic (exact) mass is 279 g/mol. The molecular weight excluding hydrogens is 263 g/mol. The van der Waals surface area contributed by atoms with Crippen molar-refractivity contribution < 1.29 is 13.2 Å². The Hall–Kier alpha value is -0.850. The van der Waals surface area contributed by atoms with Gasteiger partial charge < -0.3 is 5.32 Å². The van der Waals surface area contributed by atoms with Gasteiger partial charge in [0.1, 0.15) is 0 Å². The zero-order chi connectivity index (χ0) is 13.2. The molecule has 0 bridgehead atoms. The first kappa shape index (κ1) is 13.6. The first-order valence-corrected chi connectivity index (χ1v) is 6.99.